The van der Waals surface area contributed by atoms with E-state index in [1.807, 2.05) is 6.08 Å². The van der Waals surface area contributed by atoms with E-state index in [0.717, 1.165) is 32.1 Å². The Morgan fingerprint density at radius 3 is 2.71 bits per heavy atom. The topological polar surface area (TPSA) is 45.7 Å². The van der Waals surface area contributed by atoms with Crippen molar-refractivity contribution in [3.63, 3.8) is 0 Å². The van der Waals surface area contributed by atoms with Gasteiger partial charge in [0.25, 0.3) is 0 Å². The molecule has 0 atom stereocenters. The van der Waals surface area contributed by atoms with Crippen molar-refractivity contribution in [1.29, 1.82) is 0 Å². The maximum atomic E-state index is 5.18. The Labute approximate surface area is 105 Å². The van der Waals surface area contributed by atoms with Crippen LogP contribution in [-0.4, -0.2) is 39.8 Å². The van der Waals surface area contributed by atoms with Gasteiger partial charge in [0, 0.05) is 33.9 Å². The van der Waals surface area contributed by atoms with Crippen LogP contribution in [0.4, 0.5) is 0 Å². The van der Waals surface area contributed by atoms with Crippen molar-refractivity contribution in [3.05, 3.63) is 12.7 Å². The number of nitrogens with zero attached hydrogens (tertiary/aromatic N) is 1. The highest BCUT2D eigenvalue weighted by molar-refractivity contribution is 5.79. The molecule has 2 N–H and O–H groups in total. The number of aliphatic imine (C=N–C) groups is 1. The van der Waals surface area contributed by atoms with Gasteiger partial charge < -0.3 is 15.4 Å². The van der Waals surface area contributed by atoms with E-state index in [-0.39, 0.29) is 0 Å². The summed E-state index contributed by atoms with van der Waals surface area (Å²) in [5, 5.41) is 6.58. The minimum atomic E-state index is 0.418. The molecule has 0 amide bonds. The Kier molecular flexibility index (Phi) is 6.05. The summed E-state index contributed by atoms with van der Waals surface area (Å²) in [6.07, 6.45) is 6.89. The molecule has 1 fully saturated rings. The third-order valence-electron chi connectivity index (χ3n) is 3.52. The molecule has 4 nitrogen and oxygen atoms in total. The smallest absolute Gasteiger partial charge is 0.191 e. The van der Waals surface area contributed by atoms with Crippen LogP contribution in [0, 0.1) is 5.41 Å². The van der Waals surface area contributed by atoms with Crippen molar-refractivity contribution >= 4 is 5.96 Å². The summed E-state index contributed by atoms with van der Waals surface area (Å²) in [6.45, 7) is 6.25. The Hall–Kier alpha value is -1.03. The van der Waals surface area contributed by atoms with Gasteiger partial charge in [0.15, 0.2) is 5.96 Å². The monoisotopic (exact) mass is 239 g/mol. The SMILES string of the molecule is C=CCNC(=NC)NCC1(CCOC)CCC1. The van der Waals surface area contributed by atoms with E-state index in [1.54, 1.807) is 14.2 Å². The molecule has 1 saturated carbocycles. The second-order valence-electron chi connectivity index (χ2n) is 4.69. The van der Waals surface area contributed by atoms with Gasteiger partial charge in [-0.1, -0.05) is 12.5 Å². The van der Waals surface area contributed by atoms with Gasteiger partial charge in [-0.25, -0.2) is 0 Å². The number of rotatable bonds is 7. The van der Waals surface area contributed by atoms with Crippen LogP contribution in [0.15, 0.2) is 17.6 Å². The largest absolute Gasteiger partial charge is 0.385 e. The molecule has 0 aromatic carbocycles. The van der Waals surface area contributed by atoms with Crippen molar-refractivity contribution < 1.29 is 4.74 Å². The number of nitrogens with one attached hydrogen (secondary N) is 2. The molecule has 0 heterocycles. The van der Waals surface area contributed by atoms with Crippen LogP contribution in [0.2, 0.25) is 0 Å². The molecule has 0 aromatic rings. The average molecular weight is 239 g/mol. The fourth-order valence-corrected chi connectivity index (χ4v) is 2.17. The van der Waals surface area contributed by atoms with Gasteiger partial charge >= 0.3 is 0 Å². The molecular weight excluding hydrogens is 214 g/mol. The molecule has 0 unspecified atom stereocenters. The summed E-state index contributed by atoms with van der Waals surface area (Å²) in [7, 11) is 3.56. The molecule has 0 bridgehead atoms. The lowest BCUT2D eigenvalue weighted by molar-refractivity contribution is 0.0733. The van der Waals surface area contributed by atoms with Gasteiger partial charge in [0.05, 0.1) is 0 Å². The van der Waals surface area contributed by atoms with E-state index >= 15 is 0 Å². The van der Waals surface area contributed by atoms with Crippen LogP contribution in [0.25, 0.3) is 0 Å². The molecule has 1 aliphatic rings. The molecule has 17 heavy (non-hydrogen) atoms. The molecule has 0 aromatic heterocycles. The van der Waals surface area contributed by atoms with Crippen molar-refractivity contribution in [3.8, 4) is 0 Å². The summed E-state index contributed by atoms with van der Waals surface area (Å²) < 4.78 is 5.18. The van der Waals surface area contributed by atoms with Gasteiger partial charge in [-0.15, -0.1) is 6.58 Å². The summed E-state index contributed by atoms with van der Waals surface area (Å²) in [5.41, 5.74) is 0.418. The molecule has 0 saturated heterocycles. The molecular formula is C13H25N3O. The van der Waals surface area contributed by atoms with Crippen molar-refractivity contribution in [2.45, 2.75) is 25.7 Å². The predicted octanol–water partition coefficient (Wildman–Crippen LogP) is 1.54. The van der Waals surface area contributed by atoms with Crippen LogP contribution < -0.4 is 10.6 Å². The fraction of sp³-hybridized carbons (Fsp3) is 0.769. The molecule has 4 heteroatoms. The molecule has 1 rings (SSSR count). The van der Waals surface area contributed by atoms with Crippen LogP contribution in [0.5, 0.6) is 0 Å². The van der Waals surface area contributed by atoms with Crippen molar-refractivity contribution in [2.75, 3.05) is 33.9 Å². The highest BCUT2D eigenvalue weighted by atomic mass is 16.5. The van der Waals surface area contributed by atoms with Crippen LogP contribution >= 0.6 is 0 Å². The normalized spacial score (nSPS) is 18.4. The van der Waals surface area contributed by atoms with Gasteiger partial charge in [-0.2, -0.15) is 0 Å². The zero-order valence-electron chi connectivity index (χ0n) is 11.1. The molecule has 0 radical (unpaired) electrons. The number of guanidine groups is 1. The number of hydrogen-bond acceptors (Lipinski definition) is 2. The number of hydrogen-bond donors (Lipinski definition) is 2. The quantitative estimate of drug-likeness (QED) is 0.402. The summed E-state index contributed by atoms with van der Waals surface area (Å²) >= 11 is 0. The van der Waals surface area contributed by atoms with Gasteiger partial charge in [-0.05, 0) is 24.7 Å². The molecule has 0 spiro atoms. The Morgan fingerprint density at radius 1 is 1.47 bits per heavy atom. The van der Waals surface area contributed by atoms with Crippen LogP contribution in [-0.2, 0) is 4.74 Å². The number of ether oxygens (including phenoxy) is 1. The van der Waals surface area contributed by atoms with E-state index in [0.29, 0.717) is 5.41 Å². The standard InChI is InChI=1S/C13H25N3O/c1-4-9-15-12(14-2)16-11-13(6-5-7-13)8-10-17-3/h4H,1,5-11H2,2-3H3,(H2,14,15,16). The maximum Gasteiger partial charge on any atom is 0.191 e. The first kappa shape index (κ1) is 14.0. The third kappa shape index (κ3) is 4.38. The van der Waals surface area contributed by atoms with Gasteiger partial charge in [-0.3, -0.25) is 4.99 Å². The van der Waals surface area contributed by atoms with Gasteiger partial charge in [0.2, 0.25) is 0 Å². The summed E-state index contributed by atoms with van der Waals surface area (Å²) in [6, 6.07) is 0. The van der Waals surface area contributed by atoms with Crippen LogP contribution in [0.3, 0.4) is 0 Å². The zero-order valence-corrected chi connectivity index (χ0v) is 11.1. The first-order chi connectivity index (χ1) is 8.26. The Bertz CT molecular complexity index is 259. The number of methoxy groups -OCH3 is 1. The minimum Gasteiger partial charge on any atom is -0.385 e. The first-order valence-electron chi connectivity index (χ1n) is 6.31. The second-order valence-corrected chi connectivity index (χ2v) is 4.69. The lowest BCUT2D eigenvalue weighted by Gasteiger charge is -2.42. The minimum absolute atomic E-state index is 0.418. The van der Waals surface area contributed by atoms with E-state index in [4.69, 9.17) is 4.74 Å². The summed E-state index contributed by atoms with van der Waals surface area (Å²) in [4.78, 5) is 4.18. The molecule has 0 aliphatic heterocycles. The van der Waals surface area contributed by atoms with E-state index in [9.17, 15) is 0 Å². The predicted molar refractivity (Wildman–Crippen MR) is 72.3 cm³/mol. The third-order valence-corrected chi connectivity index (χ3v) is 3.52. The van der Waals surface area contributed by atoms with E-state index in [1.165, 1.54) is 19.3 Å². The zero-order chi connectivity index (χ0) is 12.6. The van der Waals surface area contributed by atoms with Gasteiger partial charge in [0.1, 0.15) is 0 Å². The van der Waals surface area contributed by atoms with E-state index < -0.39 is 0 Å². The fourth-order valence-electron chi connectivity index (χ4n) is 2.17. The van der Waals surface area contributed by atoms with Crippen molar-refractivity contribution in [1.82, 2.24) is 10.6 Å². The second kappa shape index (κ2) is 7.33. The first-order valence-corrected chi connectivity index (χ1v) is 6.31. The lowest BCUT2D eigenvalue weighted by Crippen LogP contribution is -2.46. The Balaban J connectivity index is 2.33. The highest BCUT2D eigenvalue weighted by Gasteiger charge is 2.36. The average Bonchev–Trinajstić information content (AvgIpc) is 2.31. The van der Waals surface area contributed by atoms with Crippen LogP contribution in [0.1, 0.15) is 25.7 Å². The maximum absolute atomic E-state index is 5.18. The Morgan fingerprint density at radius 2 is 2.24 bits per heavy atom. The van der Waals surface area contributed by atoms with Crippen molar-refractivity contribution in [2.24, 2.45) is 10.4 Å². The molecule has 1 aliphatic carbocycles. The lowest BCUT2D eigenvalue weighted by atomic mass is 9.67. The molecule has 98 valence electrons. The summed E-state index contributed by atoms with van der Waals surface area (Å²) in [5.74, 6) is 0.855. The van der Waals surface area contributed by atoms with E-state index in [2.05, 4.69) is 22.2 Å². The highest BCUT2D eigenvalue weighted by Crippen LogP contribution is 2.43.